The van der Waals surface area contributed by atoms with Gasteiger partial charge in [0.05, 0.1) is 0 Å². The zero-order valence-electron chi connectivity index (χ0n) is 19.1. The van der Waals surface area contributed by atoms with Crippen molar-refractivity contribution in [2.45, 2.75) is 86.5 Å². The SMILES string of the molecule is CC.CCCN=C(C)C(C)CCCC(C)=NCCCCC(=O)c1ccccc1. The summed E-state index contributed by atoms with van der Waals surface area (Å²) >= 11 is 0. The number of nitrogens with zero attached hydrogens (tertiary/aromatic N) is 2. The van der Waals surface area contributed by atoms with E-state index in [-0.39, 0.29) is 5.78 Å². The lowest BCUT2D eigenvalue weighted by atomic mass is 9.98. The van der Waals surface area contributed by atoms with Gasteiger partial charge in [0.1, 0.15) is 0 Å². The Morgan fingerprint density at radius 1 is 0.929 bits per heavy atom. The lowest BCUT2D eigenvalue weighted by Gasteiger charge is -2.11. The number of rotatable bonds is 13. The van der Waals surface area contributed by atoms with Gasteiger partial charge in [-0.25, -0.2) is 0 Å². The van der Waals surface area contributed by atoms with Crippen LogP contribution in [0.15, 0.2) is 40.3 Å². The van der Waals surface area contributed by atoms with Crippen molar-refractivity contribution >= 4 is 17.2 Å². The standard InChI is InChI=1S/C23H36N2O.C2H6/c1-5-17-25-21(4)19(2)12-11-13-20(3)24-18-10-9-16-23(26)22-14-7-6-8-15-22;1-2/h6-8,14-15,19H,5,9-13,16-18H2,1-4H3;1-2H3. The van der Waals surface area contributed by atoms with Crippen LogP contribution in [0.1, 0.15) is 96.8 Å². The van der Waals surface area contributed by atoms with E-state index in [9.17, 15) is 4.79 Å². The van der Waals surface area contributed by atoms with E-state index in [0.29, 0.717) is 12.3 Å². The molecule has 0 aliphatic carbocycles. The quantitative estimate of drug-likeness (QED) is 0.201. The summed E-state index contributed by atoms with van der Waals surface area (Å²) in [5.41, 5.74) is 3.33. The van der Waals surface area contributed by atoms with Crippen molar-refractivity contribution in [3.63, 3.8) is 0 Å². The number of carbonyl (C=O) groups is 1. The molecule has 0 amide bonds. The van der Waals surface area contributed by atoms with E-state index in [0.717, 1.165) is 44.3 Å². The zero-order chi connectivity index (χ0) is 21.2. The molecule has 3 heteroatoms. The monoisotopic (exact) mass is 386 g/mol. The second-order valence-electron chi connectivity index (χ2n) is 7.18. The Balaban J connectivity index is 0.00000352. The molecule has 0 saturated heterocycles. The highest BCUT2D eigenvalue weighted by Crippen LogP contribution is 2.11. The van der Waals surface area contributed by atoms with E-state index >= 15 is 0 Å². The van der Waals surface area contributed by atoms with Gasteiger partial charge in [0, 0.05) is 36.5 Å². The number of aliphatic imine (C=N–C) groups is 2. The molecule has 0 radical (unpaired) electrons. The van der Waals surface area contributed by atoms with Crippen LogP contribution in [-0.2, 0) is 0 Å². The first-order valence-corrected chi connectivity index (χ1v) is 11.1. The number of ketones is 1. The normalized spacial score (nSPS) is 12.9. The van der Waals surface area contributed by atoms with E-state index in [1.165, 1.54) is 24.3 Å². The van der Waals surface area contributed by atoms with Gasteiger partial charge < -0.3 is 0 Å². The van der Waals surface area contributed by atoms with E-state index < -0.39 is 0 Å². The molecular weight excluding hydrogens is 344 g/mol. The van der Waals surface area contributed by atoms with Gasteiger partial charge in [-0.05, 0) is 58.3 Å². The van der Waals surface area contributed by atoms with Crippen LogP contribution in [0.3, 0.4) is 0 Å². The molecule has 0 heterocycles. The summed E-state index contributed by atoms with van der Waals surface area (Å²) in [6.45, 7) is 14.5. The summed E-state index contributed by atoms with van der Waals surface area (Å²) in [6.07, 6.45) is 7.04. The molecular formula is C25H42N2O. The molecule has 1 atom stereocenters. The molecule has 0 aliphatic rings. The minimum atomic E-state index is 0.236. The summed E-state index contributed by atoms with van der Waals surface area (Å²) in [7, 11) is 0. The molecule has 1 unspecified atom stereocenters. The van der Waals surface area contributed by atoms with E-state index in [2.05, 4.69) is 37.7 Å². The van der Waals surface area contributed by atoms with Gasteiger partial charge in [0.15, 0.2) is 5.78 Å². The fourth-order valence-corrected chi connectivity index (χ4v) is 2.83. The maximum absolute atomic E-state index is 12.0. The highest BCUT2D eigenvalue weighted by atomic mass is 16.1. The first kappa shape index (κ1) is 26.2. The molecule has 158 valence electrons. The number of hydrogen-bond acceptors (Lipinski definition) is 3. The first-order chi connectivity index (χ1) is 13.5. The van der Waals surface area contributed by atoms with Crippen LogP contribution in [0.25, 0.3) is 0 Å². The largest absolute Gasteiger partial charge is 0.294 e. The van der Waals surface area contributed by atoms with Crippen molar-refractivity contribution in [1.82, 2.24) is 0 Å². The highest BCUT2D eigenvalue weighted by Gasteiger charge is 2.06. The molecule has 0 bridgehead atoms. The maximum atomic E-state index is 12.0. The highest BCUT2D eigenvalue weighted by molar-refractivity contribution is 5.95. The van der Waals surface area contributed by atoms with Crippen molar-refractivity contribution in [3.8, 4) is 0 Å². The Morgan fingerprint density at radius 3 is 2.25 bits per heavy atom. The number of Topliss-reactive ketones (excluding diaryl/α,β-unsaturated/α-hetero) is 1. The molecule has 1 aromatic rings. The molecule has 0 saturated carbocycles. The van der Waals surface area contributed by atoms with Gasteiger partial charge in [-0.1, -0.05) is 58.0 Å². The summed E-state index contributed by atoms with van der Waals surface area (Å²) in [6, 6.07) is 9.55. The van der Waals surface area contributed by atoms with Gasteiger partial charge in [-0.15, -0.1) is 0 Å². The fourth-order valence-electron chi connectivity index (χ4n) is 2.83. The lowest BCUT2D eigenvalue weighted by molar-refractivity contribution is 0.0979. The van der Waals surface area contributed by atoms with Crippen molar-refractivity contribution in [2.24, 2.45) is 15.9 Å². The Morgan fingerprint density at radius 2 is 1.61 bits per heavy atom. The van der Waals surface area contributed by atoms with Crippen LogP contribution < -0.4 is 0 Å². The third kappa shape index (κ3) is 12.6. The number of benzene rings is 1. The Bertz CT molecular complexity index is 575. The number of unbranched alkanes of at least 4 members (excludes halogenated alkanes) is 1. The van der Waals surface area contributed by atoms with Gasteiger partial charge in [-0.2, -0.15) is 0 Å². The second kappa shape index (κ2) is 17.3. The molecule has 1 rings (SSSR count). The summed E-state index contributed by atoms with van der Waals surface area (Å²) in [5, 5.41) is 0. The van der Waals surface area contributed by atoms with Crippen LogP contribution in [0.5, 0.6) is 0 Å². The lowest BCUT2D eigenvalue weighted by Crippen LogP contribution is -2.08. The summed E-state index contributed by atoms with van der Waals surface area (Å²) in [5.74, 6) is 0.804. The van der Waals surface area contributed by atoms with Crippen molar-refractivity contribution < 1.29 is 4.79 Å². The topological polar surface area (TPSA) is 41.8 Å². The summed E-state index contributed by atoms with van der Waals surface area (Å²) < 4.78 is 0. The van der Waals surface area contributed by atoms with Gasteiger partial charge in [0.2, 0.25) is 0 Å². The molecule has 0 aromatic heterocycles. The average molecular weight is 387 g/mol. The molecule has 1 aromatic carbocycles. The average Bonchev–Trinajstić information content (AvgIpc) is 2.73. The van der Waals surface area contributed by atoms with E-state index in [4.69, 9.17) is 0 Å². The van der Waals surface area contributed by atoms with E-state index in [1.54, 1.807) is 0 Å². The molecule has 3 nitrogen and oxygen atoms in total. The van der Waals surface area contributed by atoms with Crippen LogP contribution >= 0.6 is 0 Å². The van der Waals surface area contributed by atoms with Crippen LogP contribution in [0, 0.1) is 5.92 Å². The first-order valence-electron chi connectivity index (χ1n) is 11.1. The van der Waals surface area contributed by atoms with Crippen molar-refractivity contribution in [2.75, 3.05) is 13.1 Å². The number of carbonyl (C=O) groups excluding carboxylic acids is 1. The second-order valence-corrected chi connectivity index (χ2v) is 7.18. The smallest absolute Gasteiger partial charge is 0.162 e. The van der Waals surface area contributed by atoms with Crippen molar-refractivity contribution in [3.05, 3.63) is 35.9 Å². The predicted octanol–water partition coefficient (Wildman–Crippen LogP) is 7.20. The third-order valence-corrected chi connectivity index (χ3v) is 4.76. The Hall–Kier alpha value is -1.77. The van der Waals surface area contributed by atoms with Crippen molar-refractivity contribution in [1.29, 1.82) is 0 Å². The van der Waals surface area contributed by atoms with Crippen LogP contribution in [0.2, 0.25) is 0 Å². The Kier molecular flexibility index (Phi) is 16.2. The zero-order valence-corrected chi connectivity index (χ0v) is 19.1. The predicted molar refractivity (Wildman–Crippen MR) is 125 cm³/mol. The van der Waals surface area contributed by atoms with Gasteiger partial charge >= 0.3 is 0 Å². The third-order valence-electron chi connectivity index (χ3n) is 4.76. The molecule has 0 spiro atoms. The minimum Gasteiger partial charge on any atom is -0.294 e. The van der Waals surface area contributed by atoms with Gasteiger partial charge in [0.25, 0.3) is 0 Å². The van der Waals surface area contributed by atoms with E-state index in [1.807, 2.05) is 44.2 Å². The number of hydrogen-bond donors (Lipinski definition) is 0. The fraction of sp³-hybridized carbons (Fsp3) is 0.640. The minimum absolute atomic E-state index is 0.236. The van der Waals surface area contributed by atoms with Crippen LogP contribution in [0.4, 0.5) is 0 Å². The Labute approximate surface area is 173 Å². The molecule has 0 N–H and O–H groups in total. The van der Waals surface area contributed by atoms with Crippen LogP contribution in [-0.4, -0.2) is 30.3 Å². The molecule has 0 fully saturated rings. The maximum Gasteiger partial charge on any atom is 0.162 e. The molecule has 28 heavy (non-hydrogen) atoms. The summed E-state index contributed by atoms with van der Waals surface area (Å²) in [4.78, 5) is 21.3. The van der Waals surface area contributed by atoms with Gasteiger partial charge in [-0.3, -0.25) is 14.8 Å². The molecule has 0 aliphatic heterocycles.